The Labute approximate surface area is 142 Å². The second kappa shape index (κ2) is 6.51. The maximum absolute atomic E-state index is 4.69. The molecule has 0 aliphatic rings. The van der Waals surface area contributed by atoms with E-state index in [4.69, 9.17) is 4.98 Å². The number of aromatic nitrogens is 1. The standard InChI is InChI=1S/C23H16N/c1-4-10-18(11-5-1)21-16-17-24-23(20-14-8-3-9-15-20)22(21)19-12-6-2-7-13-19/h1-12,14-17H. The summed E-state index contributed by atoms with van der Waals surface area (Å²) in [6, 6.07) is 34.3. The van der Waals surface area contributed by atoms with Crippen LogP contribution in [0.15, 0.2) is 97.2 Å². The summed E-state index contributed by atoms with van der Waals surface area (Å²) in [5.74, 6) is 0. The highest BCUT2D eigenvalue weighted by Crippen LogP contribution is 2.38. The quantitative estimate of drug-likeness (QED) is 0.460. The minimum atomic E-state index is 0.986. The lowest BCUT2D eigenvalue weighted by molar-refractivity contribution is 1.32. The van der Waals surface area contributed by atoms with Crippen molar-refractivity contribution in [1.29, 1.82) is 0 Å². The van der Waals surface area contributed by atoms with Crippen molar-refractivity contribution in [2.75, 3.05) is 0 Å². The number of rotatable bonds is 3. The molecular weight excluding hydrogens is 290 g/mol. The van der Waals surface area contributed by atoms with Crippen molar-refractivity contribution in [3.63, 3.8) is 0 Å². The van der Waals surface area contributed by atoms with Crippen LogP contribution in [0, 0.1) is 6.07 Å². The number of pyridine rings is 1. The van der Waals surface area contributed by atoms with Crippen molar-refractivity contribution in [3.05, 3.63) is 103 Å². The first-order valence-electron chi connectivity index (χ1n) is 8.00. The van der Waals surface area contributed by atoms with Gasteiger partial charge < -0.3 is 0 Å². The average Bonchev–Trinajstić information content (AvgIpc) is 2.69. The smallest absolute Gasteiger partial charge is 0.0786 e. The van der Waals surface area contributed by atoms with Gasteiger partial charge in [0.05, 0.1) is 5.69 Å². The molecule has 0 unspecified atom stereocenters. The fraction of sp³-hybridized carbons (Fsp3) is 0. The van der Waals surface area contributed by atoms with Gasteiger partial charge in [0.25, 0.3) is 0 Å². The summed E-state index contributed by atoms with van der Waals surface area (Å²) in [5, 5.41) is 0. The molecule has 24 heavy (non-hydrogen) atoms. The highest BCUT2D eigenvalue weighted by Gasteiger charge is 2.14. The predicted octanol–water partition coefficient (Wildman–Crippen LogP) is 5.88. The number of hydrogen-bond donors (Lipinski definition) is 0. The van der Waals surface area contributed by atoms with Crippen LogP contribution in [0.4, 0.5) is 0 Å². The molecule has 0 saturated carbocycles. The van der Waals surface area contributed by atoms with E-state index in [0.29, 0.717) is 0 Å². The lowest BCUT2D eigenvalue weighted by Crippen LogP contribution is -1.93. The van der Waals surface area contributed by atoms with Crippen molar-refractivity contribution in [3.8, 4) is 33.5 Å². The maximum Gasteiger partial charge on any atom is 0.0786 e. The first-order valence-corrected chi connectivity index (χ1v) is 8.00. The number of hydrogen-bond acceptors (Lipinski definition) is 1. The minimum Gasteiger partial charge on any atom is -0.256 e. The van der Waals surface area contributed by atoms with Crippen LogP contribution in [-0.4, -0.2) is 4.98 Å². The summed E-state index contributed by atoms with van der Waals surface area (Å²) in [6.45, 7) is 0. The van der Waals surface area contributed by atoms with Crippen molar-refractivity contribution in [2.24, 2.45) is 0 Å². The summed E-state index contributed by atoms with van der Waals surface area (Å²) >= 11 is 0. The topological polar surface area (TPSA) is 12.9 Å². The molecule has 3 aromatic carbocycles. The van der Waals surface area contributed by atoms with Crippen LogP contribution in [0.1, 0.15) is 0 Å². The van der Waals surface area contributed by atoms with E-state index in [1.165, 1.54) is 11.1 Å². The van der Waals surface area contributed by atoms with Crippen LogP contribution in [0.5, 0.6) is 0 Å². The van der Waals surface area contributed by atoms with E-state index >= 15 is 0 Å². The highest BCUT2D eigenvalue weighted by molar-refractivity contribution is 5.92. The molecule has 0 aliphatic carbocycles. The molecule has 0 spiro atoms. The molecule has 1 aromatic heterocycles. The molecule has 4 aromatic rings. The zero-order valence-corrected chi connectivity index (χ0v) is 13.2. The first kappa shape index (κ1) is 14.4. The van der Waals surface area contributed by atoms with Gasteiger partial charge in [0, 0.05) is 17.3 Å². The molecule has 1 heteroatoms. The molecule has 0 bridgehead atoms. The summed E-state index contributed by atoms with van der Waals surface area (Å²) in [7, 11) is 0. The Morgan fingerprint density at radius 3 is 1.96 bits per heavy atom. The monoisotopic (exact) mass is 306 g/mol. The van der Waals surface area contributed by atoms with Gasteiger partial charge in [-0.3, -0.25) is 4.98 Å². The van der Waals surface area contributed by atoms with E-state index in [1.54, 1.807) is 0 Å². The molecule has 113 valence electrons. The van der Waals surface area contributed by atoms with Crippen molar-refractivity contribution < 1.29 is 0 Å². The van der Waals surface area contributed by atoms with E-state index in [2.05, 4.69) is 54.6 Å². The third-order valence-corrected chi connectivity index (χ3v) is 4.06. The summed E-state index contributed by atoms with van der Waals surface area (Å²) in [5.41, 5.74) is 6.64. The summed E-state index contributed by atoms with van der Waals surface area (Å²) in [6.07, 6.45) is 1.89. The lowest BCUT2D eigenvalue weighted by Gasteiger charge is -2.15. The van der Waals surface area contributed by atoms with E-state index in [-0.39, 0.29) is 0 Å². The molecule has 0 atom stereocenters. The van der Waals surface area contributed by atoms with E-state index in [9.17, 15) is 0 Å². The summed E-state index contributed by atoms with van der Waals surface area (Å²) in [4.78, 5) is 4.69. The molecule has 0 fully saturated rings. The lowest BCUT2D eigenvalue weighted by atomic mass is 9.91. The fourth-order valence-electron chi connectivity index (χ4n) is 2.96. The van der Waals surface area contributed by atoms with Crippen LogP contribution in [-0.2, 0) is 0 Å². The maximum atomic E-state index is 4.69. The Hall–Kier alpha value is -3.19. The van der Waals surface area contributed by atoms with Crippen molar-refractivity contribution in [2.45, 2.75) is 0 Å². The average molecular weight is 306 g/mol. The normalized spacial score (nSPS) is 10.5. The van der Waals surface area contributed by atoms with Crippen molar-refractivity contribution >= 4 is 0 Å². The Bertz CT molecular complexity index is 872. The van der Waals surface area contributed by atoms with Crippen molar-refractivity contribution in [1.82, 2.24) is 4.98 Å². The van der Waals surface area contributed by atoms with Crippen LogP contribution in [0.2, 0.25) is 0 Å². The first-order chi connectivity index (χ1) is 11.9. The van der Waals surface area contributed by atoms with Gasteiger partial charge in [-0.25, -0.2) is 0 Å². The van der Waals surface area contributed by atoms with Gasteiger partial charge in [-0.1, -0.05) is 84.9 Å². The number of nitrogens with zero attached hydrogens (tertiary/aromatic N) is 1. The molecule has 0 N–H and O–H groups in total. The minimum absolute atomic E-state index is 0.986. The Balaban J connectivity index is 2.02. The Kier molecular flexibility index (Phi) is 3.91. The molecule has 0 aliphatic heterocycles. The van der Waals surface area contributed by atoms with Gasteiger partial charge in [-0.2, -0.15) is 0 Å². The van der Waals surface area contributed by atoms with Gasteiger partial charge >= 0.3 is 0 Å². The largest absolute Gasteiger partial charge is 0.256 e. The molecule has 1 heterocycles. The molecule has 4 rings (SSSR count). The summed E-state index contributed by atoms with van der Waals surface area (Å²) < 4.78 is 0. The van der Waals surface area contributed by atoms with E-state index < -0.39 is 0 Å². The van der Waals surface area contributed by atoms with Gasteiger partial charge in [0.15, 0.2) is 0 Å². The third-order valence-electron chi connectivity index (χ3n) is 4.06. The molecule has 0 amide bonds. The second-order valence-electron chi connectivity index (χ2n) is 5.59. The molecular formula is C23H16N. The highest BCUT2D eigenvalue weighted by atomic mass is 14.7. The second-order valence-corrected chi connectivity index (χ2v) is 5.59. The molecule has 1 nitrogen and oxygen atoms in total. The zero-order valence-electron chi connectivity index (χ0n) is 13.2. The SMILES string of the molecule is [c]1ccccc1-c1c(-c2ccccc2)ccnc1-c1ccccc1. The third kappa shape index (κ3) is 2.72. The predicted molar refractivity (Wildman–Crippen MR) is 99.4 cm³/mol. The van der Waals surface area contributed by atoms with Gasteiger partial charge in [-0.05, 0) is 28.8 Å². The Morgan fingerprint density at radius 2 is 1.29 bits per heavy atom. The Morgan fingerprint density at radius 1 is 0.625 bits per heavy atom. The number of benzene rings is 3. The zero-order chi connectivity index (χ0) is 16.2. The molecule has 1 radical (unpaired) electrons. The van der Waals surface area contributed by atoms with E-state index in [1.807, 2.05) is 48.7 Å². The van der Waals surface area contributed by atoms with Gasteiger partial charge in [0.2, 0.25) is 0 Å². The van der Waals surface area contributed by atoms with E-state index in [0.717, 1.165) is 22.4 Å². The van der Waals surface area contributed by atoms with Crippen LogP contribution < -0.4 is 0 Å². The van der Waals surface area contributed by atoms with Gasteiger partial charge in [0.1, 0.15) is 0 Å². The molecule has 0 saturated heterocycles. The fourth-order valence-corrected chi connectivity index (χ4v) is 2.96. The van der Waals surface area contributed by atoms with Crippen LogP contribution in [0.25, 0.3) is 33.5 Å². The van der Waals surface area contributed by atoms with Crippen LogP contribution in [0.3, 0.4) is 0 Å². The van der Waals surface area contributed by atoms with Gasteiger partial charge in [-0.15, -0.1) is 0 Å². The van der Waals surface area contributed by atoms with Crippen LogP contribution >= 0.6 is 0 Å².